The van der Waals surface area contributed by atoms with Gasteiger partial charge in [0.25, 0.3) is 0 Å². The van der Waals surface area contributed by atoms with Gasteiger partial charge in [-0.1, -0.05) is 48.2 Å². The lowest BCUT2D eigenvalue weighted by molar-refractivity contribution is -0.115. The molecule has 136 valence electrons. The van der Waals surface area contributed by atoms with Crippen molar-refractivity contribution in [2.24, 2.45) is 0 Å². The van der Waals surface area contributed by atoms with E-state index in [0.29, 0.717) is 11.0 Å². The monoisotopic (exact) mass is 376 g/mol. The first kappa shape index (κ1) is 17.5. The number of para-hydroxylation sites is 2. The molecular weight excluding hydrogens is 356 g/mol. The second-order valence-corrected chi connectivity index (χ2v) is 7.43. The Bertz CT molecular complexity index is 937. The smallest absolute Gasteiger partial charge is 0.242 e. The Morgan fingerprint density at radius 3 is 2.22 bits per heavy atom. The summed E-state index contributed by atoms with van der Waals surface area (Å²) in [6, 6.07) is 17.9. The lowest BCUT2D eigenvalue weighted by Crippen LogP contribution is -2.28. The Balaban J connectivity index is 1.66. The van der Waals surface area contributed by atoms with Crippen LogP contribution in [0.1, 0.15) is 16.8 Å². The van der Waals surface area contributed by atoms with Crippen molar-refractivity contribution in [3.63, 3.8) is 0 Å². The average molecular weight is 376 g/mol. The Labute approximate surface area is 162 Å². The van der Waals surface area contributed by atoms with Gasteiger partial charge in [0.15, 0.2) is 5.16 Å². The van der Waals surface area contributed by atoms with Gasteiger partial charge in [0.05, 0.1) is 17.1 Å². The van der Waals surface area contributed by atoms with Gasteiger partial charge in [-0.3, -0.25) is 9.69 Å². The van der Waals surface area contributed by atoms with Crippen LogP contribution >= 0.6 is 11.8 Å². The lowest BCUT2D eigenvalue weighted by Gasteiger charge is -2.24. The highest BCUT2D eigenvalue weighted by Crippen LogP contribution is 2.36. The third kappa shape index (κ3) is 3.66. The first-order valence-electron chi connectivity index (χ1n) is 8.84. The van der Waals surface area contributed by atoms with Crippen LogP contribution in [0.4, 0.5) is 17.2 Å². The molecule has 1 amide bonds. The first-order valence-corrected chi connectivity index (χ1v) is 9.83. The maximum absolute atomic E-state index is 13.2. The fourth-order valence-corrected chi connectivity index (χ4v) is 4.13. The summed E-state index contributed by atoms with van der Waals surface area (Å²) in [5.74, 6) is 0.666. The van der Waals surface area contributed by atoms with Crippen molar-refractivity contribution < 1.29 is 4.79 Å². The van der Waals surface area contributed by atoms with Gasteiger partial charge < -0.3 is 5.73 Å². The van der Waals surface area contributed by atoms with Gasteiger partial charge >= 0.3 is 0 Å². The number of carbonyl (C=O) groups is 1. The van der Waals surface area contributed by atoms with Gasteiger partial charge in [0.2, 0.25) is 5.91 Å². The first-order chi connectivity index (χ1) is 13.1. The van der Waals surface area contributed by atoms with Gasteiger partial charge in [-0.05, 0) is 43.0 Å². The predicted octanol–water partition coefficient (Wildman–Crippen LogP) is 3.92. The van der Waals surface area contributed by atoms with Crippen LogP contribution < -0.4 is 10.6 Å². The van der Waals surface area contributed by atoms with Crippen molar-refractivity contribution in [1.82, 2.24) is 9.97 Å². The maximum Gasteiger partial charge on any atom is 0.242 e. The predicted molar refractivity (Wildman–Crippen MR) is 109 cm³/mol. The molecule has 0 saturated heterocycles. The number of nitrogens with two attached hydrogens (primary N) is 1. The van der Waals surface area contributed by atoms with Crippen LogP contribution in [0.5, 0.6) is 0 Å². The highest BCUT2D eigenvalue weighted by Gasteiger charge is 2.25. The van der Waals surface area contributed by atoms with Crippen molar-refractivity contribution in [2.75, 3.05) is 16.4 Å². The summed E-state index contributed by atoms with van der Waals surface area (Å²) in [7, 11) is 0. The van der Waals surface area contributed by atoms with Gasteiger partial charge in [-0.15, -0.1) is 0 Å². The Hall–Kier alpha value is -2.86. The Morgan fingerprint density at radius 1 is 1.04 bits per heavy atom. The van der Waals surface area contributed by atoms with Crippen molar-refractivity contribution in [3.05, 3.63) is 71.4 Å². The largest absolute Gasteiger partial charge is 0.384 e. The highest BCUT2D eigenvalue weighted by molar-refractivity contribution is 7.99. The maximum atomic E-state index is 13.2. The third-order valence-corrected chi connectivity index (χ3v) is 5.39. The number of rotatable bonds is 3. The van der Waals surface area contributed by atoms with Crippen molar-refractivity contribution >= 4 is 34.9 Å². The molecule has 2 N–H and O–H groups in total. The zero-order valence-corrected chi connectivity index (χ0v) is 15.9. The van der Waals surface area contributed by atoms with Crippen LogP contribution in [-0.4, -0.2) is 21.6 Å². The molecule has 2 heterocycles. The number of nitrogens with zero attached hydrogens (tertiary/aromatic N) is 3. The molecule has 0 bridgehead atoms. The second-order valence-electron chi connectivity index (χ2n) is 6.49. The zero-order chi connectivity index (χ0) is 18.8. The molecule has 2 aromatic carbocycles. The zero-order valence-electron chi connectivity index (χ0n) is 15.1. The highest BCUT2D eigenvalue weighted by atomic mass is 32.2. The van der Waals surface area contributed by atoms with E-state index in [4.69, 9.17) is 5.73 Å². The number of benzene rings is 2. The third-order valence-electron chi connectivity index (χ3n) is 4.56. The molecule has 5 nitrogen and oxygen atoms in total. The summed E-state index contributed by atoms with van der Waals surface area (Å²) in [6.45, 7) is 1.87. The van der Waals surface area contributed by atoms with Crippen LogP contribution in [0.15, 0.2) is 59.8 Å². The molecule has 3 aromatic rings. The average Bonchev–Trinajstić information content (AvgIpc) is 2.82. The van der Waals surface area contributed by atoms with Crippen molar-refractivity contribution in [3.8, 4) is 0 Å². The summed E-state index contributed by atoms with van der Waals surface area (Å²) in [5.41, 5.74) is 10.9. The normalized spacial score (nSPS) is 12.9. The van der Waals surface area contributed by atoms with Crippen LogP contribution in [0.25, 0.3) is 0 Å². The number of hydrogen-bond donors (Lipinski definition) is 1. The molecule has 4 rings (SSSR count). The molecule has 27 heavy (non-hydrogen) atoms. The van der Waals surface area contributed by atoms with Gasteiger partial charge in [-0.2, -0.15) is 0 Å². The summed E-state index contributed by atoms with van der Waals surface area (Å²) in [6.07, 6.45) is 1.84. The van der Waals surface area contributed by atoms with Crippen molar-refractivity contribution in [2.45, 2.75) is 24.9 Å². The van der Waals surface area contributed by atoms with E-state index in [1.165, 1.54) is 22.9 Å². The summed E-state index contributed by atoms with van der Waals surface area (Å²) >= 11 is 1.31. The molecule has 1 aromatic heterocycles. The summed E-state index contributed by atoms with van der Waals surface area (Å²) in [4.78, 5) is 23.7. The van der Waals surface area contributed by atoms with Gasteiger partial charge in [0, 0.05) is 11.8 Å². The van der Waals surface area contributed by atoms with Crippen LogP contribution in [0.2, 0.25) is 0 Å². The van der Waals surface area contributed by atoms with Crippen LogP contribution in [0.3, 0.4) is 0 Å². The van der Waals surface area contributed by atoms with E-state index in [0.717, 1.165) is 29.9 Å². The molecule has 0 radical (unpaired) electrons. The van der Waals surface area contributed by atoms with E-state index >= 15 is 0 Å². The number of hydrogen-bond acceptors (Lipinski definition) is 5. The SMILES string of the molecule is Cc1cc(N)nc(SCC(=O)N2c3ccccc3CCc3ccccc32)n1. The fourth-order valence-electron chi connectivity index (χ4n) is 3.37. The number of aromatic nitrogens is 2. The molecular formula is C21H20N4OS. The second kappa shape index (κ2) is 7.40. The van der Waals surface area contributed by atoms with E-state index in [1.54, 1.807) is 6.07 Å². The van der Waals surface area contributed by atoms with Crippen LogP contribution in [-0.2, 0) is 17.6 Å². The standard InChI is InChI=1S/C21H20N4OS/c1-14-12-19(22)24-21(23-14)27-13-20(26)25-17-8-4-2-6-15(17)10-11-16-7-3-5-9-18(16)25/h2-9,12H,10-11,13H2,1H3,(H2,22,23,24). The minimum absolute atomic E-state index is 0.00507. The Morgan fingerprint density at radius 2 is 1.63 bits per heavy atom. The van der Waals surface area contributed by atoms with Crippen molar-refractivity contribution in [1.29, 1.82) is 0 Å². The van der Waals surface area contributed by atoms with E-state index in [-0.39, 0.29) is 11.7 Å². The quantitative estimate of drug-likeness (QED) is 0.554. The number of thioether (sulfide) groups is 1. The molecule has 0 unspecified atom stereocenters. The molecule has 1 aliphatic rings. The molecule has 6 heteroatoms. The number of nitrogen functional groups attached to an aromatic ring is 1. The molecule has 0 atom stereocenters. The summed E-state index contributed by atoms with van der Waals surface area (Å²) in [5, 5.41) is 0.525. The minimum Gasteiger partial charge on any atom is -0.384 e. The number of anilines is 3. The topological polar surface area (TPSA) is 72.1 Å². The van der Waals surface area contributed by atoms with E-state index in [9.17, 15) is 4.79 Å². The molecule has 0 aliphatic carbocycles. The molecule has 0 fully saturated rings. The van der Waals surface area contributed by atoms with E-state index in [2.05, 4.69) is 22.1 Å². The molecule has 0 saturated carbocycles. The number of amides is 1. The van der Waals surface area contributed by atoms with E-state index < -0.39 is 0 Å². The van der Waals surface area contributed by atoms with Gasteiger partial charge in [-0.25, -0.2) is 9.97 Å². The van der Waals surface area contributed by atoms with E-state index in [1.807, 2.05) is 48.2 Å². The number of carbonyl (C=O) groups excluding carboxylic acids is 1. The molecule has 1 aliphatic heterocycles. The summed E-state index contributed by atoms with van der Waals surface area (Å²) < 4.78 is 0. The molecule has 0 spiro atoms. The number of fused-ring (bicyclic) bond motifs is 2. The van der Waals surface area contributed by atoms with Gasteiger partial charge in [0.1, 0.15) is 5.82 Å². The fraction of sp³-hybridized carbons (Fsp3) is 0.190. The van der Waals surface area contributed by atoms with Crippen LogP contribution in [0, 0.1) is 6.92 Å². The minimum atomic E-state index is 0.00507. The lowest BCUT2D eigenvalue weighted by atomic mass is 10.0. The Kier molecular flexibility index (Phi) is 4.81. The number of aryl methyl sites for hydroxylation is 3.